The average molecular weight is 244 g/mol. The number of carbonyl (C=O) groups is 1. The lowest BCUT2D eigenvalue weighted by Gasteiger charge is -2.10. The van der Waals surface area contributed by atoms with Crippen LogP contribution in [-0.2, 0) is 4.79 Å². The smallest absolute Gasteiger partial charge is 0.308 e. The van der Waals surface area contributed by atoms with Crippen molar-refractivity contribution >= 4 is 16.7 Å². The second-order valence-corrected chi connectivity index (χ2v) is 4.38. The highest BCUT2D eigenvalue weighted by atomic mass is 16.5. The van der Waals surface area contributed by atoms with E-state index in [1.54, 1.807) is 7.11 Å². The Morgan fingerprint density at radius 2 is 1.44 bits per heavy atom. The molecule has 0 spiro atoms. The summed E-state index contributed by atoms with van der Waals surface area (Å²) in [6.45, 7) is 5.32. The zero-order valence-corrected chi connectivity index (χ0v) is 11.0. The summed E-state index contributed by atoms with van der Waals surface area (Å²) in [5, 5.41) is 2.11. The number of esters is 1. The van der Waals surface area contributed by atoms with Gasteiger partial charge in [-0.1, -0.05) is 0 Å². The van der Waals surface area contributed by atoms with Gasteiger partial charge in [-0.2, -0.15) is 0 Å². The minimum absolute atomic E-state index is 0.303. The van der Waals surface area contributed by atoms with Crippen LogP contribution >= 0.6 is 0 Å². The SMILES string of the molecule is COc1cc2cc(C)c(OC(C)=O)cc2cc1C. The van der Waals surface area contributed by atoms with E-state index in [2.05, 4.69) is 0 Å². The molecule has 94 valence electrons. The highest BCUT2D eigenvalue weighted by Gasteiger charge is 2.07. The molecule has 0 fully saturated rings. The minimum Gasteiger partial charge on any atom is -0.496 e. The summed E-state index contributed by atoms with van der Waals surface area (Å²) in [5.74, 6) is 1.17. The largest absolute Gasteiger partial charge is 0.496 e. The highest BCUT2D eigenvalue weighted by Crippen LogP contribution is 2.30. The Morgan fingerprint density at radius 1 is 0.944 bits per heavy atom. The molecule has 0 unspecified atom stereocenters. The first kappa shape index (κ1) is 12.4. The molecule has 18 heavy (non-hydrogen) atoms. The van der Waals surface area contributed by atoms with E-state index in [4.69, 9.17) is 9.47 Å². The van der Waals surface area contributed by atoms with Crippen LogP contribution in [0.3, 0.4) is 0 Å². The van der Waals surface area contributed by atoms with Crippen molar-refractivity contribution in [2.24, 2.45) is 0 Å². The first-order chi connectivity index (χ1) is 8.51. The second kappa shape index (κ2) is 4.69. The monoisotopic (exact) mass is 244 g/mol. The van der Waals surface area contributed by atoms with Gasteiger partial charge in [0.15, 0.2) is 0 Å². The molecule has 2 rings (SSSR count). The molecular formula is C15H16O3. The van der Waals surface area contributed by atoms with E-state index < -0.39 is 0 Å². The van der Waals surface area contributed by atoms with Crippen molar-refractivity contribution in [3.63, 3.8) is 0 Å². The Labute approximate surface area is 106 Å². The van der Waals surface area contributed by atoms with Gasteiger partial charge < -0.3 is 9.47 Å². The lowest BCUT2D eigenvalue weighted by molar-refractivity contribution is -0.131. The van der Waals surface area contributed by atoms with Crippen LogP contribution in [0.2, 0.25) is 0 Å². The Bertz CT molecular complexity index is 615. The third-order valence-corrected chi connectivity index (χ3v) is 2.90. The molecule has 0 bridgehead atoms. The summed E-state index contributed by atoms with van der Waals surface area (Å²) in [4.78, 5) is 11.0. The summed E-state index contributed by atoms with van der Waals surface area (Å²) in [6.07, 6.45) is 0. The number of hydrogen-bond donors (Lipinski definition) is 0. The zero-order chi connectivity index (χ0) is 13.3. The topological polar surface area (TPSA) is 35.5 Å². The molecule has 0 aliphatic rings. The van der Waals surface area contributed by atoms with E-state index in [1.165, 1.54) is 6.92 Å². The van der Waals surface area contributed by atoms with Crippen LogP contribution < -0.4 is 9.47 Å². The Balaban J connectivity index is 2.60. The average Bonchev–Trinajstić information content (AvgIpc) is 2.29. The third kappa shape index (κ3) is 2.30. The van der Waals surface area contributed by atoms with Gasteiger partial charge in [-0.05, 0) is 60.0 Å². The van der Waals surface area contributed by atoms with Crippen LogP contribution in [0.4, 0.5) is 0 Å². The number of aryl methyl sites for hydroxylation is 2. The third-order valence-electron chi connectivity index (χ3n) is 2.90. The quantitative estimate of drug-likeness (QED) is 0.600. The van der Waals surface area contributed by atoms with Crippen molar-refractivity contribution in [3.8, 4) is 11.5 Å². The molecule has 0 aromatic heterocycles. The van der Waals surface area contributed by atoms with Gasteiger partial charge in [0.25, 0.3) is 0 Å². The number of hydrogen-bond acceptors (Lipinski definition) is 3. The predicted octanol–water partition coefficient (Wildman–Crippen LogP) is 3.39. The highest BCUT2D eigenvalue weighted by molar-refractivity contribution is 5.88. The fourth-order valence-corrected chi connectivity index (χ4v) is 2.02. The predicted molar refractivity (Wildman–Crippen MR) is 71.3 cm³/mol. The maximum Gasteiger partial charge on any atom is 0.308 e. The van der Waals surface area contributed by atoms with Crippen LogP contribution in [0, 0.1) is 13.8 Å². The Morgan fingerprint density at radius 3 is 1.94 bits per heavy atom. The van der Waals surface area contributed by atoms with Crippen LogP contribution in [0.5, 0.6) is 11.5 Å². The van der Waals surface area contributed by atoms with E-state index in [0.717, 1.165) is 27.6 Å². The van der Waals surface area contributed by atoms with Gasteiger partial charge in [0.2, 0.25) is 0 Å². The molecule has 0 amide bonds. The molecule has 0 aliphatic heterocycles. The van der Waals surface area contributed by atoms with Crippen molar-refractivity contribution < 1.29 is 14.3 Å². The van der Waals surface area contributed by atoms with Crippen LogP contribution in [-0.4, -0.2) is 13.1 Å². The van der Waals surface area contributed by atoms with E-state index in [1.807, 2.05) is 38.1 Å². The normalized spacial score (nSPS) is 10.4. The van der Waals surface area contributed by atoms with E-state index in [0.29, 0.717) is 5.75 Å². The number of ether oxygens (including phenoxy) is 2. The van der Waals surface area contributed by atoms with Gasteiger partial charge in [-0.15, -0.1) is 0 Å². The van der Waals surface area contributed by atoms with Gasteiger partial charge >= 0.3 is 5.97 Å². The number of fused-ring (bicyclic) bond motifs is 1. The maximum absolute atomic E-state index is 11.0. The van der Waals surface area contributed by atoms with E-state index >= 15 is 0 Å². The molecule has 2 aromatic carbocycles. The van der Waals surface area contributed by atoms with E-state index in [-0.39, 0.29) is 5.97 Å². The van der Waals surface area contributed by atoms with Gasteiger partial charge in [0, 0.05) is 6.92 Å². The van der Waals surface area contributed by atoms with Crippen LogP contribution in [0.1, 0.15) is 18.1 Å². The van der Waals surface area contributed by atoms with Crippen molar-refractivity contribution in [3.05, 3.63) is 35.4 Å². The van der Waals surface area contributed by atoms with Crippen molar-refractivity contribution in [2.75, 3.05) is 7.11 Å². The molecule has 0 saturated heterocycles. The Hall–Kier alpha value is -2.03. The lowest BCUT2D eigenvalue weighted by Crippen LogP contribution is -2.02. The molecule has 0 saturated carbocycles. The molecule has 0 radical (unpaired) electrons. The van der Waals surface area contributed by atoms with Crippen molar-refractivity contribution in [1.29, 1.82) is 0 Å². The first-order valence-electron chi connectivity index (χ1n) is 5.78. The molecule has 3 nitrogen and oxygen atoms in total. The van der Waals surface area contributed by atoms with Gasteiger partial charge in [-0.3, -0.25) is 4.79 Å². The maximum atomic E-state index is 11.0. The number of carbonyl (C=O) groups excluding carboxylic acids is 1. The Kier molecular flexibility index (Phi) is 3.24. The summed E-state index contributed by atoms with van der Waals surface area (Å²) in [7, 11) is 1.66. The standard InChI is InChI=1S/C15H16O3/c1-9-5-13-8-15(18-11(3)16)10(2)6-12(13)7-14(9)17-4/h5-8H,1-4H3. The number of methoxy groups -OCH3 is 1. The lowest BCUT2D eigenvalue weighted by atomic mass is 10.0. The molecule has 0 N–H and O–H groups in total. The summed E-state index contributed by atoms with van der Waals surface area (Å²) < 4.78 is 10.5. The fourth-order valence-electron chi connectivity index (χ4n) is 2.02. The number of benzene rings is 2. The van der Waals surface area contributed by atoms with Gasteiger partial charge in [0.1, 0.15) is 11.5 Å². The molecule has 2 aromatic rings. The molecule has 0 atom stereocenters. The van der Waals surface area contributed by atoms with E-state index in [9.17, 15) is 4.79 Å². The first-order valence-corrected chi connectivity index (χ1v) is 5.78. The van der Waals surface area contributed by atoms with Crippen molar-refractivity contribution in [1.82, 2.24) is 0 Å². The molecule has 0 aliphatic carbocycles. The van der Waals surface area contributed by atoms with Crippen molar-refractivity contribution in [2.45, 2.75) is 20.8 Å². The minimum atomic E-state index is -0.303. The summed E-state index contributed by atoms with van der Waals surface area (Å²) in [5.41, 5.74) is 1.99. The summed E-state index contributed by atoms with van der Waals surface area (Å²) in [6, 6.07) is 7.91. The molecule has 3 heteroatoms. The second-order valence-electron chi connectivity index (χ2n) is 4.38. The number of rotatable bonds is 2. The molecular weight excluding hydrogens is 228 g/mol. The van der Waals surface area contributed by atoms with Crippen LogP contribution in [0.15, 0.2) is 24.3 Å². The van der Waals surface area contributed by atoms with Gasteiger partial charge in [-0.25, -0.2) is 0 Å². The zero-order valence-electron chi connectivity index (χ0n) is 11.0. The molecule has 0 heterocycles. The van der Waals surface area contributed by atoms with Gasteiger partial charge in [0.05, 0.1) is 7.11 Å². The van der Waals surface area contributed by atoms with Crippen LogP contribution in [0.25, 0.3) is 10.8 Å². The fraction of sp³-hybridized carbons (Fsp3) is 0.267. The summed E-state index contributed by atoms with van der Waals surface area (Å²) >= 11 is 0.